The number of alkyl halides is 1. The number of carbonyl (C=O) groups is 1. The number of benzene rings is 1. The van der Waals surface area contributed by atoms with Gasteiger partial charge in [-0.1, -0.05) is 35.9 Å². The highest BCUT2D eigenvalue weighted by atomic mass is 35.5. The second-order valence-corrected chi connectivity index (χ2v) is 5.45. The Kier molecular flexibility index (Phi) is 4.65. The highest BCUT2D eigenvalue weighted by Gasteiger charge is 2.29. The molecule has 0 radical (unpaired) electrons. The largest absolute Gasteiger partial charge is 0.466 e. The number of hydrogen-bond donors (Lipinski definition) is 0. The molecule has 0 aliphatic heterocycles. The van der Waals surface area contributed by atoms with Gasteiger partial charge in [-0.2, -0.15) is 0 Å². The number of ether oxygens (including phenoxy) is 1. The molecule has 0 bridgehead atoms. The SMILES string of the molecule is CCOC(=O)C1CCC(Cl)C=C1c1ccc(C)cc1. The van der Waals surface area contributed by atoms with E-state index in [9.17, 15) is 4.79 Å². The molecular formula is C16H19ClO2. The Labute approximate surface area is 119 Å². The fourth-order valence-electron chi connectivity index (χ4n) is 2.41. The maximum absolute atomic E-state index is 12.0. The van der Waals surface area contributed by atoms with Crippen molar-refractivity contribution in [3.63, 3.8) is 0 Å². The van der Waals surface area contributed by atoms with Crippen LogP contribution in [0.5, 0.6) is 0 Å². The molecule has 2 rings (SSSR count). The zero-order chi connectivity index (χ0) is 13.8. The monoisotopic (exact) mass is 278 g/mol. The molecular weight excluding hydrogens is 260 g/mol. The summed E-state index contributed by atoms with van der Waals surface area (Å²) in [5, 5.41) is 0.00183. The fourth-order valence-corrected chi connectivity index (χ4v) is 2.67. The second kappa shape index (κ2) is 6.25. The van der Waals surface area contributed by atoms with E-state index >= 15 is 0 Å². The summed E-state index contributed by atoms with van der Waals surface area (Å²) in [6.45, 7) is 4.30. The predicted molar refractivity (Wildman–Crippen MR) is 78.2 cm³/mol. The number of hydrogen-bond acceptors (Lipinski definition) is 2. The molecule has 102 valence electrons. The van der Waals surface area contributed by atoms with E-state index in [4.69, 9.17) is 16.3 Å². The lowest BCUT2D eigenvalue weighted by Gasteiger charge is -2.25. The minimum atomic E-state index is -0.183. The standard InChI is InChI=1S/C16H19ClO2/c1-3-19-16(18)14-9-8-13(17)10-15(14)12-6-4-11(2)5-7-12/h4-7,10,13-14H,3,8-9H2,1-2H3. The zero-order valence-corrected chi connectivity index (χ0v) is 12.1. The summed E-state index contributed by atoms with van der Waals surface area (Å²) >= 11 is 6.21. The maximum Gasteiger partial charge on any atom is 0.313 e. The molecule has 1 aromatic rings. The van der Waals surface area contributed by atoms with Crippen molar-refractivity contribution in [3.8, 4) is 0 Å². The normalized spacial score (nSPS) is 22.8. The van der Waals surface area contributed by atoms with Gasteiger partial charge in [0.15, 0.2) is 0 Å². The summed E-state index contributed by atoms with van der Waals surface area (Å²) in [6.07, 6.45) is 3.57. The van der Waals surface area contributed by atoms with Crippen LogP contribution in [0.3, 0.4) is 0 Å². The number of esters is 1. The molecule has 0 heterocycles. The first kappa shape index (κ1) is 14.1. The lowest BCUT2D eigenvalue weighted by molar-refractivity contribution is -0.146. The van der Waals surface area contributed by atoms with Crippen molar-refractivity contribution >= 4 is 23.1 Å². The molecule has 0 saturated carbocycles. The van der Waals surface area contributed by atoms with Crippen molar-refractivity contribution in [1.29, 1.82) is 0 Å². The van der Waals surface area contributed by atoms with Crippen LogP contribution in [0.15, 0.2) is 30.3 Å². The number of allylic oxidation sites excluding steroid dienone is 1. The molecule has 0 aromatic heterocycles. The molecule has 0 N–H and O–H groups in total. The minimum Gasteiger partial charge on any atom is -0.466 e. The smallest absolute Gasteiger partial charge is 0.313 e. The van der Waals surface area contributed by atoms with Gasteiger partial charge in [0, 0.05) is 0 Å². The highest BCUT2D eigenvalue weighted by Crippen LogP contribution is 2.35. The van der Waals surface area contributed by atoms with Gasteiger partial charge in [-0.25, -0.2) is 0 Å². The topological polar surface area (TPSA) is 26.3 Å². The lowest BCUT2D eigenvalue weighted by Crippen LogP contribution is -2.24. The molecule has 1 aliphatic carbocycles. The van der Waals surface area contributed by atoms with Crippen molar-refractivity contribution in [2.75, 3.05) is 6.61 Å². The molecule has 3 heteroatoms. The third-order valence-corrected chi connectivity index (χ3v) is 3.77. The molecule has 0 amide bonds. The number of aryl methyl sites for hydroxylation is 1. The average Bonchev–Trinajstić information content (AvgIpc) is 2.39. The van der Waals surface area contributed by atoms with Gasteiger partial charge in [0.1, 0.15) is 0 Å². The van der Waals surface area contributed by atoms with Gasteiger partial charge < -0.3 is 4.74 Å². The minimum absolute atomic E-state index is 0.00183. The third-order valence-electron chi connectivity index (χ3n) is 3.42. The van der Waals surface area contributed by atoms with E-state index in [1.807, 2.05) is 32.1 Å². The van der Waals surface area contributed by atoms with Crippen LogP contribution in [-0.2, 0) is 9.53 Å². The molecule has 19 heavy (non-hydrogen) atoms. The van der Waals surface area contributed by atoms with Crippen molar-refractivity contribution in [2.24, 2.45) is 5.92 Å². The van der Waals surface area contributed by atoms with Gasteiger partial charge in [-0.15, -0.1) is 11.6 Å². The Morgan fingerprint density at radius 1 is 1.32 bits per heavy atom. The highest BCUT2D eigenvalue weighted by molar-refractivity contribution is 6.22. The number of halogens is 1. The van der Waals surface area contributed by atoms with Crippen LogP contribution in [0.1, 0.15) is 30.9 Å². The van der Waals surface area contributed by atoms with Crippen LogP contribution >= 0.6 is 11.6 Å². The van der Waals surface area contributed by atoms with E-state index in [0.29, 0.717) is 6.61 Å². The molecule has 2 unspecified atom stereocenters. The third kappa shape index (κ3) is 3.38. The lowest BCUT2D eigenvalue weighted by atomic mass is 9.83. The van der Waals surface area contributed by atoms with Gasteiger partial charge in [0.25, 0.3) is 0 Å². The van der Waals surface area contributed by atoms with Crippen LogP contribution in [-0.4, -0.2) is 18.0 Å². The second-order valence-electron chi connectivity index (χ2n) is 4.89. The Balaban J connectivity index is 2.31. The fraction of sp³-hybridized carbons (Fsp3) is 0.438. The zero-order valence-electron chi connectivity index (χ0n) is 11.4. The van der Waals surface area contributed by atoms with Gasteiger partial charge in [-0.3, -0.25) is 4.79 Å². The molecule has 0 fully saturated rings. The molecule has 2 atom stereocenters. The van der Waals surface area contributed by atoms with Crippen molar-refractivity contribution < 1.29 is 9.53 Å². The van der Waals surface area contributed by atoms with E-state index in [0.717, 1.165) is 24.0 Å². The van der Waals surface area contributed by atoms with Gasteiger partial charge in [0.05, 0.1) is 17.9 Å². The van der Waals surface area contributed by atoms with E-state index in [1.54, 1.807) is 0 Å². The Hall–Kier alpha value is -1.28. The summed E-state index contributed by atoms with van der Waals surface area (Å²) < 4.78 is 5.17. The molecule has 2 nitrogen and oxygen atoms in total. The van der Waals surface area contributed by atoms with Crippen LogP contribution < -0.4 is 0 Å². The Morgan fingerprint density at radius 2 is 2.00 bits per heavy atom. The van der Waals surface area contributed by atoms with E-state index in [-0.39, 0.29) is 17.3 Å². The van der Waals surface area contributed by atoms with Gasteiger partial charge >= 0.3 is 5.97 Å². The van der Waals surface area contributed by atoms with Gasteiger partial charge in [-0.05, 0) is 37.8 Å². The molecule has 0 saturated heterocycles. The van der Waals surface area contributed by atoms with Crippen LogP contribution in [0.25, 0.3) is 5.57 Å². The van der Waals surface area contributed by atoms with E-state index < -0.39 is 0 Å². The summed E-state index contributed by atoms with van der Waals surface area (Å²) in [7, 11) is 0. The maximum atomic E-state index is 12.0. The first-order valence-electron chi connectivity index (χ1n) is 6.71. The van der Waals surface area contributed by atoms with Crippen LogP contribution in [0.2, 0.25) is 0 Å². The first-order chi connectivity index (χ1) is 9.11. The first-order valence-corrected chi connectivity index (χ1v) is 7.15. The average molecular weight is 279 g/mol. The Bertz CT molecular complexity index is 476. The summed E-state index contributed by atoms with van der Waals surface area (Å²) in [5.41, 5.74) is 3.27. The van der Waals surface area contributed by atoms with E-state index in [1.165, 1.54) is 5.56 Å². The summed E-state index contributed by atoms with van der Waals surface area (Å²) in [6, 6.07) is 8.19. The molecule has 1 aromatic carbocycles. The predicted octanol–water partition coefficient (Wildman–Crippen LogP) is 3.96. The molecule has 0 spiro atoms. The van der Waals surface area contributed by atoms with Crippen molar-refractivity contribution in [3.05, 3.63) is 41.5 Å². The number of carbonyl (C=O) groups excluding carboxylic acids is 1. The quantitative estimate of drug-likeness (QED) is 0.618. The van der Waals surface area contributed by atoms with Crippen LogP contribution in [0.4, 0.5) is 0 Å². The summed E-state index contributed by atoms with van der Waals surface area (Å²) in [5.74, 6) is -0.324. The van der Waals surface area contributed by atoms with Crippen LogP contribution in [0, 0.1) is 12.8 Å². The van der Waals surface area contributed by atoms with Crippen molar-refractivity contribution in [1.82, 2.24) is 0 Å². The van der Waals surface area contributed by atoms with Crippen molar-refractivity contribution in [2.45, 2.75) is 32.1 Å². The van der Waals surface area contributed by atoms with E-state index in [2.05, 4.69) is 12.1 Å². The summed E-state index contributed by atoms with van der Waals surface area (Å²) in [4.78, 5) is 12.0. The van der Waals surface area contributed by atoms with Gasteiger partial charge in [0.2, 0.25) is 0 Å². The number of rotatable bonds is 3. The molecule has 1 aliphatic rings. The Morgan fingerprint density at radius 3 is 2.63 bits per heavy atom.